The number of nitriles is 1. The van der Waals surface area contributed by atoms with E-state index < -0.39 is 24.8 Å². The van der Waals surface area contributed by atoms with Gasteiger partial charge in [0, 0.05) is 24.9 Å². The maximum absolute atomic E-state index is 13.3. The van der Waals surface area contributed by atoms with Crippen molar-refractivity contribution < 1.29 is 28.1 Å². The fourth-order valence-electron chi connectivity index (χ4n) is 8.15. The van der Waals surface area contributed by atoms with Crippen molar-refractivity contribution in [3.63, 3.8) is 0 Å². The first-order chi connectivity index (χ1) is 23.5. The molecule has 0 unspecified atom stereocenters. The van der Waals surface area contributed by atoms with Crippen LogP contribution in [0.15, 0.2) is 58.7 Å². The molecule has 49 heavy (non-hydrogen) atoms. The van der Waals surface area contributed by atoms with E-state index >= 15 is 0 Å². The number of fused-ring (bicyclic) bond motifs is 1. The molecule has 1 saturated heterocycles. The van der Waals surface area contributed by atoms with Gasteiger partial charge in [-0.2, -0.15) is 5.26 Å². The zero-order valence-electron chi connectivity index (χ0n) is 28.8. The van der Waals surface area contributed by atoms with Gasteiger partial charge in [-0.05, 0) is 86.6 Å². The zero-order valence-corrected chi connectivity index (χ0v) is 28.8. The first-order valence-corrected chi connectivity index (χ1v) is 17.1. The number of furan rings is 1. The molecule has 2 aromatic carbocycles. The topological polar surface area (TPSA) is 118 Å². The van der Waals surface area contributed by atoms with Crippen molar-refractivity contribution >= 4 is 41.9 Å². The van der Waals surface area contributed by atoms with Crippen LogP contribution in [0.25, 0.3) is 21.9 Å². The molecule has 2 amide bonds. The lowest BCUT2D eigenvalue weighted by atomic mass is 9.43. The second kappa shape index (κ2) is 13.7. The number of likely N-dealkylation sites (N-methyl/N-ethyl adjacent to an activating group) is 1. The Morgan fingerprint density at radius 3 is 2.69 bits per heavy atom. The van der Waals surface area contributed by atoms with Gasteiger partial charge in [-0.1, -0.05) is 49.7 Å². The second-order valence-corrected chi connectivity index (χ2v) is 14.1. The summed E-state index contributed by atoms with van der Waals surface area (Å²) in [7, 11) is -0.663. The number of para-hydroxylation sites is 1. The van der Waals surface area contributed by atoms with Crippen LogP contribution < -0.4 is 5.32 Å². The summed E-state index contributed by atoms with van der Waals surface area (Å²) in [5.41, 5.74) is 3.10. The summed E-state index contributed by atoms with van der Waals surface area (Å²) in [6, 6.07) is 14.9. The Balaban J connectivity index is 1.15. The molecule has 1 N–H and O–H groups in total. The molecule has 1 aliphatic heterocycles. The summed E-state index contributed by atoms with van der Waals surface area (Å²) < 4.78 is 24.8. The van der Waals surface area contributed by atoms with Crippen LogP contribution in [-0.2, 0) is 31.7 Å². The molecule has 3 aromatic rings. The standard InChI is InChI=1S/C38H43BN4O6/c1-7-43(8-2)35(44)26(22-40)16-25-15-24(17-29(18-25)41-6)13-14-46-36(45)42-34(19-27-23-47-31-12-10-9-11-30(27)31)39-48-33-21-28-20-32(37(28,3)4)38(33,5)49-39/h9-12,15-18,23,28,32-34H,7-8,13-14,19-21H2,1-5H3,(H,42,45)/t28-,32-,33+,34-,38-/m0/s1. The van der Waals surface area contributed by atoms with Crippen molar-refractivity contribution in [1.29, 1.82) is 5.26 Å². The number of carbonyl (C=O) groups excluding carboxylic acids is 2. The molecule has 4 aliphatic rings. The van der Waals surface area contributed by atoms with E-state index in [-0.39, 0.29) is 29.6 Å². The third-order valence-corrected chi connectivity index (χ3v) is 11.1. The Hall–Kier alpha value is -4.58. The van der Waals surface area contributed by atoms with Gasteiger partial charge < -0.3 is 28.7 Å². The minimum absolute atomic E-state index is 0.00493. The Morgan fingerprint density at radius 1 is 1.20 bits per heavy atom. The molecule has 4 fully saturated rings. The number of ether oxygens (including phenoxy) is 1. The highest BCUT2D eigenvalue weighted by Crippen LogP contribution is 2.65. The molecular formula is C38H43BN4O6. The van der Waals surface area contributed by atoms with Crippen molar-refractivity contribution in [1.82, 2.24) is 10.2 Å². The number of carbonyl (C=O) groups is 2. The summed E-state index contributed by atoms with van der Waals surface area (Å²) in [4.78, 5) is 31.3. The molecule has 11 heteroatoms. The molecule has 0 spiro atoms. The largest absolute Gasteiger partial charge is 0.482 e. The van der Waals surface area contributed by atoms with E-state index in [1.54, 1.807) is 29.4 Å². The first-order valence-electron chi connectivity index (χ1n) is 17.1. The Morgan fingerprint density at radius 2 is 1.98 bits per heavy atom. The van der Waals surface area contributed by atoms with E-state index in [1.165, 1.54) is 6.08 Å². The summed E-state index contributed by atoms with van der Waals surface area (Å²) in [6.07, 6.45) is 5.38. The number of alkyl carbamates (subject to hydrolysis) is 1. The second-order valence-electron chi connectivity index (χ2n) is 14.1. The number of hydrogen-bond donors (Lipinski definition) is 1. The minimum atomic E-state index is -0.663. The number of nitrogens with one attached hydrogen (secondary N) is 1. The van der Waals surface area contributed by atoms with Gasteiger partial charge in [0.1, 0.15) is 17.2 Å². The van der Waals surface area contributed by atoms with Gasteiger partial charge in [-0.15, -0.1) is 0 Å². The molecular weight excluding hydrogens is 619 g/mol. The fourth-order valence-corrected chi connectivity index (χ4v) is 8.15. The highest BCUT2D eigenvalue weighted by molar-refractivity contribution is 6.48. The smallest absolute Gasteiger partial charge is 0.464 e. The lowest BCUT2D eigenvalue weighted by molar-refractivity contribution is -0.199. The molecule has 5 atom stereocenters. The van der Waals surface area contributed by atoms with Gasteiger partial charge in [0.2, 0.25) is 0 Å². The van der Waals surface area contributed by atoms with Gasteiger partial charge in [0.05, 0.1) is 37.1 Å². The highest BCUT2D eigenvalue weighted by atomic mass is 16.7. The lowest BCUT2D eigenvalue weighted by Gasteiger charge is -2.64. The van der Waals surface area contributed by atoms with Crippen molar-refractivity contribution in [2.24, 2.45) is 17.3 Å². The SMILES string of the molecule is [C-]#[N+]c1cc(C=C(C#N)C(=O)N(CC)CC)cc(CCOC(=O)N[C@@H](Cc2coc3ccccc23)B2O[C@@H]3C[C@@H]4C[C@@H](C4(C)C)[C@]3(C)O2)c1. The highest BCUT2D eigenvalue weighted by Gasteiger charge is 2.68. The third-order valence-electron chi connectivity index (χ3n) is 11.1. The molecule has 0 radical (unpaired) electrons. The van der Waals surface area contributed by atoms with E-state index in [0.29, 0.717) is 49.0 Å². The van der Waals surface area contributed by atoms with E-state index in [0.717, 1.165) is 34.9 Å². The van der Waals surface area contributed by atoms with Gasteiger partial charge >= 0.3 is 13.2 Å². The maximum Gasteiger partial charge on any atom is 0.482 e. The Labute approximate surface area is 288 Å². The van der Waals surface area contributed by atoms with Gasteiger partial charge in [0.25, 0.3) is 5.91 Å². The van der Waals surface area contributed by atoms with E-state index in [4.69, 9.17) is 25.0 Å². The predicted octanol–water partition coefficient (Wildman–Crippen LogP) is 6.91. The quantitative estimate of drug-likeness (QED) is 0.103. The number of amides is 2. The first kappa shape index (κ1) is 34.3. The molecule has 2 bridgehead atoms. The number of hydrogen-bond acceptors (Lipinski definition) is 7. The molecule has 7 rings (SSSR count). The Bertz CT molecular complexity index is 1850. The van der Waals surface area contributed by atoms with Crippen molar-refractivity contribution in [3.05, 3.63) is 82.4 Å². The molecule has 254 valence electrons. The molecule has 2 heterocycles. The normalized spacial score (nSPS) is 24.3. The van der Waals surface area contributed by atoms with Crippen molar-refractivity contribution in [3.8, 4) is 6.07 Å². The van der Waals surface area contributed by atoms with Crippen LogP contribution in [0.2, 0.25) is 0 Å². The van der Waals surface area contributed by atoms with Crippen LogP contribution in [0.3, 0.4) is 0 Å². The van der Waals surface area contributed by atoms with Crippen LogP contribution in [0.1, 0.15) is 64.2 Å². The van der Waals surface area contributed by atoms with Gasteiger partial charge in [-0.25, -0.2) is 9.64 Å². The van der Waals surface area contributed by atoms with Gasteiger partial charge in [-0.3, -0.25) is 4.79 Å². The minimum Gasteiger partial charge on any atom is -0.464 e. The van der Waals surface area contributed by atoms with Crippen LogP contribution in [0.5, 0.6) is 0 Å². The summed E-state index contributed by atoms with van der Waals surface area (Å²) in [5, 5.41) is 13.7. The summed E-state index contributed by atoms with van der Waals surface area (Å²) >= 11 is 0. The number of benzene rings is 2. The number of rotatable bonds is 11. The number of nitrogens with zero attached hydrogens (tertiary/aromatic N) is 3. The average Bonchev–Trinajstić information content (AvgIpc) is 3.67. The molecule has 3 saturated carbocycles. The fraction of sp³-hybridized carbons (Fsp3) is 0.474. The van der Waals surface area contributed by atoms with E-state index in [2.05, 4.69) is 30.9 Å². The maximum atomic E-state index is 13.3. The van der Waals surface area contributed by atoms with E-state index in [9.17, 15) is 14.9 Å². The van der Waals surface area contributed by atoms with Crippen LogP contribution in [0.4, 0.5) is 10.5 Å². The summed E-state index contributed by atoms with van der Waals surface area (Å²) in [6.45, 7) is 19.1. The summed E-state index contributed by atoms with van der Waals surface area (Å²) in [5.74, 6) is 0.0797. The molecule has 3 aliphatic carbocycles. The van der Waals surface area contributed by atoms with Gasteiger partial charge in [0.15, 0.2) is 5.69 Å². The molecule has 10 nitrogen and oxygen atoms in total. The van der Waals surface area contributed by atoms with Crippen LogP contribution in [-0.4, -0.2) is 61.4 Å². The van der Waals surface area contributed by atoms with E-state index in [1.807, 2.05) is 44.2 Å². The lowest BCUT2D eigenvalue weighted by Crippen LogP contribution is -2.65. The van der Waals surface area contributed by atoms with Crippen LogP contribution >= 0.6 is 0 Å². The average molecular weight is 663 g/mol. The predicted molar refractivity (Wildman–Crippen MR) is 186 cm³/mol. The Kier molecular flexibility index (Phi) is 9.62. The monoisotopic (exact) mass is 662 g/mol. The third kappa shape index (κ3) is 6.58. The zero-order chi connectivity index (χ0) is 34.9. The van der Waals surface area contributed by atoms with Crippen molar-refractivity contribution in [2.75, 3.05) is 19.7 Å². The van der Waals surface area contributed by atoms with Crippen molar-refractivity contribution in [2.45, 2.75) is 77.9 Å². The van der Waals surface area contributed by atoms with Crippen LogP contribution in [0, 0.1) is 35.2 Å². The molecule has 1 aromatic heterocycles.